The molecule has 0 saturated carbocycles. The first-order valence-corrected chi connectivity index (χ1v) is 8.30. The summed E-state index contributed by atoms with van der Waals surface area (Å²) in [4.78, 5) is 9.12. The van der Waals surface area contributed by atoms with E-state index in [9.17, 15) is 0 Å². The first-order chi connectivity index (χ1) is 12.8. The lowest BCUT2D eigenvalue weighted by atomic mass is 10.1. The molecule has 0 radical (unpaired) electrons. The Hall–Kier alpha value is -3.41. The van der Waals surface area contributed by atoms with Gasteiger partial charge in [-0.2, -0.15) is 4.98 Å². The lowest BCUT2D eigenvalue weighted by Crippen LogP contribution is -1.98. The Morgan fingerprint density at radius 2 is 1.77 bits per heavy atom. The van der Waals surface area contributed by atoms with E-state index in [1.807, 2.05) is 61.5 Å². The van der Waals surface area contributed by atoms with Gasteiger partial charge in [-0.25, -0.2) is 4.98 Å². The molecule has 2 aromatic heterocycles. The van der Waals surface area contributed by atoms with E-state index in [1.165, 1.54) is 0 Å². The van der Waals surface area contributed by atoms with E-state index in [-0.39, 0.29) is 0 Å². The largest absolute Gasteiger partial charge is 0.496 e. The number of para-hydroxylation sites is 2. The van der Waals surface area contributed by atoms with Crippen LogP contribution in [0, 0.1) is 0 Å². The molecule has 6 heteroatoms. The van der Waals surface area contributed by atoms with Gasteiger partial charge in [0.15, 0.2) is 0 Å². The lowest BCUT2D eigenvalue weighted by molar-refractivity contribution is 0.329. The predicted molar refractivity (Wildman–Crippen MR) is 98.2 cm³/mol. The fraction of sp³-hybridized carbons (Fsp3) is 0.150. The van der Waals surface area contributed by atoms with E-state index in [1.54, 1.807) is 7.11 Å². The summed E-state index contributed by atoms with van der Waals surface area (Å²) in [5.74, 6) is 1.96. The van der Waals surface area contributed by atoms with Crippen LogP contribution in [0.2, 0.25) is 0 Å². The third-order valence-corrected chi connectivity index (χ3v) is 3.97. The number of rotatable bonds is 5. The average Bonchev–Trinajstić information content (AvgIpc) is 3.17. The number of nitrogens with zero attached hydrogens (tertiary/aromatic N) is 3. The summed E-state index contributed by atoms with van der Waals surface area (Å²) < 4.78 is 16.5. The Bertz CT molecular complexity index is 1060. The number of fused-ring (bicyclic) bond motifs is 1. The van der Waals surface area contributed by atoms with Crippen LogP contribution in [-0.2, 0) is 0 Å². The van der Waals surface area contributed by atoms with Crippen LogP contribution >= 0.6 is 0 Å². The second-order valence-electron chi connectivity index (χ2n) is 5.59. The molecular weight excluding hydrogens is 330 g/mol. The molecule has 4 aromatic rings. The molecule has 4 rings (SSSR count). The maximum absolute atomic E-state index is 5.70. The van der Waals surface area contributed by atoms with Crippen molar-refractivity contribution in [2.75, 3.05) is 13.7 Å². The van der Waals surface area contributed by atoms with Crippen molar-refractivity contribution in [1.82, 2.24) is 15.1 Å². The van der Waals surface area contributed by atoms with Gasteiger partial charge in [-0.3, -0.25) is 0 Å². The van der Waals surface area contributed by atoms with E-state index in [0.717, 1.165) is 16.5 Å². The molecule has 130 valence electrons. The zero-order valence-corrected chi connectivity index (χ0v) is 14.5. The van der Waals surface area contributed by atoms with Crippen molar-refractivity contribution >= 4 is 10.9 Å². The highest BCUT2D eigenvalue weighted by Gasteiger charge is 2.18. The van der Waals surface area contributed by atoms with Crippen LogP contribution in [0.25, 0.3) is 33.7 Å². The number of ether oxygens (including phenoxy) is 2. The molecule has 0 amide bonds. The van der Waals surface area contributed by atoms with Gasteiger partial charge in [0.05, 0.1) is 30.4 Å². The fourth-order valence-corrected chi connectivity index (χ4v) is 2.77. The van der Waals surface area contributed by atoms with Crippen LogP contribution in [0.1, 0.15) is 6.92 Å². The fourth-order valence-electron chi connectivity index (χ4n) is 2.77. The minimum Gasteiger partial charge on any atom is -0.496 e. The molecule has 0 N–H and O–H groups in total. The first kappa shape index (κ1) is 16.1. The summed E-state index contributed by atoms with van der Waals surface area (Å²) in [5.41, 5.74) is 2.28. The topological polar surface area (TPSA) is 70.3 Å². The normalized spacial score (nSPS) is 10.8. The van der Waals surface area contributed by atoms with Gasteiger partial charge in [-0.15, -0.1) is 0 Å². The van der Waals surface area contributed by atoms with Gasteiger partial charge in [0, 0.05) is 5.39 Å². The number of methoxy groups -OCH3 is 1. The van der Waals surface area contributed by atoms with Crippen LogP contribution in [0.4, 0.5) is 0 Å². The average molecular weight is 347 g/mol. The Labute approximate surface area is 150 Å². The minimum absolute atomic E-state index is 0.382. The number of benzene rings is 2. The molecule has 0 aliphatic heterocycles. The first-order valence-electron chi connectivity index (χ1n) is 8.30. The van der Waals surface area contributed by atoms with Gasteiger partial charge in [0.1, 0.15) is 5.75 Å². The number of hydrogen-bond donors (Lipinski definition) is 0. The second kappa shape index (κ2) is 6.84. The van der Waals surface area contributed by atoms with Crippen LogP contribution in [0.5, 0.6) is 11.6 Å². The van der Waals surface area contributed by atoms with Crippen molar-refractivity contribution in [3.05, 3.63) is 54.6 Å². The third-order valence-electron chi connectivity index (χ3n) is 3.97. The van der Waals surface area contributed by atoms with Gasteiger partial charge >= 0.3 is 0 Å². The molecule has 2 heterocycles. The van der Waals surface area contributed by atoms with E-state index in [2.05, 4.69) is 15.1 Å². The Balaban J connectivity index is 1.83. The van der Waals surface area contributed by atoms with Crippen molar-refractivity contribution in [2.24, 2.45) is 0 Å². The highest BCUT2D eigenvalue weighted by Crippen LogP contribution is 2.33. The van der Waals surface area contributed by atoms with Gasteiger partial charge in [-0.05, 0) is 31.2 Å². The standard InChI is InChI=1S/C20H17N3O3/c1-3-25-19-15(12-13-8-4-6-10-16(13)21-19)18-22-20(26-23-18)14-9-5-7-11-17(14)24-2/h4-12H,3H2,1-2H3. The predicted octanol–water partition coefficient (Wildman–Crippen LogP) is 4.36. The van der Waals surface area contributed by atoms with E-state index in [4.69, 9.17) is 14.0 Å². The van der Waals surface area contributed by atoms with Crippen molar-refractivity contribution in [2.45, 2.75) is 6.92 Å². The molecule has 0 saturated heterocycles. The maximum atomic E-state index is 5.70. The summed E-state index contributed by atoms with van der Waals surface area (Å²) in [7, 11) is 1.61. The molecule has 0 atom stereocenters. The Morgan fingerprint density at radius 1 is 0.962 bits per heavy atom. The summed E-state index contributed by atoms with van der Waals surface area (Å²) in [6, 6.07) is 17.3. The highest BCUT2D eigenvalue weighted by molar-refractivity contribution is 5.85. The molecule has 0 aliphatic carbocycles. The smallest absolute Gasteiger partial charge is 0.262 e. The van der Waals surface area contributed by atoms with Gasteiger partial charge in [-0.1, -0.05) is 35.5 Å². The quantitative estimate of drug-likeness (QED) is 0.534. The SMILES string of the molecule is CCOc1nc2ccccc2cc1-c1noc(-c2ccccc2OC)n1. The number of aromatic nitrogens is 3. The molecular formula is C20H17N3O3. The molecule has 0 fully saturated rings. The van der Waals surface area contributed by atoms with E-state index in [0.29, 0.717) is 35.5 Å². The highest BCUT2D eigenvalue weighted by atomic mass is 16.5. The van der Waals surface area contributed by atoms with Gasteiger partial charge in [0.2, 0.25) is 11.7 Å². The molecule has 0 bridgehead atoms. The van der Waals surface area contributed by atoms with E-state index >= 15 is 0 Å². The lowest BCUT2D eigenvalue weighted by Gasteiger charge is -2.08. The Morgan fingerprint density at radius 3 is 2.62 bits per heavy atom. The summed E-state index contributed by atoms with van der Waals surface area (Å²) in [6.07, 6.45) is 0. The van der Waals surface area contributed by atoms with Gasteiger partial charge in [0.25, 0.3) is 5.89 Å². The molecule has 0 aliphatic rings. The van der Waals surface area contributed by atoms with Crippen molar-refractivity contribution in [1.29, 1.82) is 0 Å². The zero-order valence-electron chi connectivity index (χ0n) is 14.5. The van der Waals surface area contributed by atoms with Crippen molar-refractivity contribution in [3.8, 4) is 34.5 Å². The second-order valence-corrected chi connectivity index (χ2v) is 5.59. The summed E-state index contributed by atoms with van der Waals surface area (Å²) in [5, 5.41) is 5.11. The zero-order chi connectivity index (χ0) is 17.9. The third kappa shape index (κ3) is 2.86. The molecule has 6 nitrogen and oxygen atoms in total. The van der Waals surface area contributed by atoms with Crippen LogP contribution in [0.3, 0.4) is 0 Å². The summed E-state index contributed by atoms with van der Waals surface area (Å²) in [6.45, 7) is 2.41. The van der Waals surface area contributed by atoms with Crippen LogP contribution in [0.15, 0.2) is 59.1 Å². The van der Waals surface area contributed by atoms with Gasteiger partial charge < -0.3 is 14.0 Å². The monoisotopic (exact) mass is 347 g/mol. The van der Waals surface area contributed by atoms with E-state index < -0.39 is 0 Å². The van der Waals surface area contributed by atoms with Crippen molar-refractivity contribution < 1.29 is 14.0 Å². The molecule has 26 heavy (non-hydrogen) atoms. The molecule has 0 spiro atoms. The molecule has 0 unspecified atom stereocenters. The molecule has 2 aromatic carbocycles. The van der Waals surface area contributed by atoms with Crippen molar-refractivity contribution in [3.63, 3.8) is 0 Å². The minimum atomic E-state index is 0.382. The number of pyridine rings is 1. The maximum Gasteiger partial charge on any atom is 0.262 e. The van der Waals surface area contributed by atoms with Crippen LogP contribution in [-0.4, -0.2) is 28.8 Å². The van der Waals surface area contributed by atoms with Crippen LogP contribution < -0.4 is 9.47 Å². The summed E-state index contributed by atoms with van der Waals surface area (Å²) >= 11 is 0. The Kier molecular flexibility index (Phi) is 4.23. The number of hydrogen-bond acceptors (Lipinski definition) is 6.